The SMILES string of the molecule is CC(=O)COCCOCCNC(=O)COCCOCCNC(=O)CCC(NC(=O)c1ccc(CN(C)CCC(=O)O)cc1)C(=O)O.CC(=O)COCCOCCNC(=O)COCCOCCNC(=O)c1ccc(CN(C)CCC(=O)O)cc1.CC(=O)c1ccc(CN(C)CCC(=O)O)cc1. The Morgan fingerprint density at radius 2 is 0.660 bits per heavy atom. The second kappa shape index (κ2) is 56.2. The molecule has 0 saturated heterocycles. The van der Waals surface area contributed by atoms with Crippen molar-refractivity contribution in [2.75, 3.05) is 173 Å². The number of hydrogen-bond acceptors (Lipinski definition) is 23. The van der Waals surface area contributed by atoms with Crippen molar-refractivity contribution in [3.8, 4) is 0 Å². The van der Waals surface area contributed by atoms with E-state index in [0.29, 0.717) is 116 Å². The summed E-state index contributed by atoms with van der Waals surface area (Å²) in [6.07, 6.45) is -0.00482. The Kier molecular flexibility index (Phi) is 50.3. The van der Waals surface area contributed by atoms with Crippen molar-refractivity contribution >= 4 is 70.8 Å². The van der Waals surface area contributed by atoms with Crippen LogP contribution in [-0.4, -0.2) is 285 Å². The van der Waals surface area contributed by atoms with Crippen LogP contribution in [0, 0.1) is 0 Å². The maximum atomic E-state index is 12.6. The van der Waals surface area contributed by atoms with Crippen LogP contribution in [0.4, 0.5) is 0 Å². The molecule has 0 heterocycles. The van der Waals surface area contributed by atoms with E-state index in [1.165, 1.54) is 20.8 Å². The van der Waals surface area contributed by atoms with Gasteiger partial charge in [0.1, 0.15) is 32.5 Å². The summed E-state index contributed by atoms with van der Waals surface area (Å²) in [5.74, 6) is -5.61. The van der Waals surface area contributed by atoms with E-state index >= 15 is 0 Å². The highest BCUT2D eigenvalue weighted by Crippen LogP contribution is 2.11. The number of nitrogens with one attached hydrogen (secondary N) is 5. The molecular weight excluding hydrogens is 1310 g/mol. The van der Waals surface area contributed by atoms with Gasteiger partial charge in [-0.25, -0.2) is 4.79 Å². The number of nitrogens with zero attached hydrogens (tertiary/aromatic N) is 3. The number of aliphatic carboxylic acids is 4. The zero-order chi connectivity index (χ0) is 74.3. The fourth-order valence-corrected chi connectivity index (χ4v) is 8.13. The Bertz CT molecular complexity index is 2900. The number of Topliss-reactive ketones (excluding diaryl/α,β-unsaturated/α-hetero) is 3. The molecule has 0 radical (unpaired) electrons. The van der Waals surface area contributed by atoms with Crippen LogP contribution in [0.3, 0.4) is 0 Å². The largest absolute Gasteiger partial charge is 0.481 e. The average molecular weight is 1420 g/mol. The Morgan fingerprint density at radius 3 is 0.980 bits per heavy atom. The molecule has 0 aliphatic heterocycles. The molecule has 0 aliphatic rings. The lowest BCUT2D eigenvalue weighted by Gasteiger charge is -2.16. The topological polar surface area (TPSA) is 429 Å². The number of carboxylic acids is 4. The molecule has 1 atom stereocenters. The minimum Gasteiger partial charge on any atom is -0.481 e. The predicted molar refractivity (Wildman–Crippen MR) is 362 cm³/mol. The summed E-state index contributed by atoms with van der Waals surface area (Å²) in [7, 11) is 5.51. The van der Waals surface area contributed by atoms with Crippen LogP contribution in [0.15, 0.2) is 72.8 Å². The van der Waals surface area contributed by atoms with Crippen LogP contribution in [0.1, 0.15) is 101 Å². The molecule has 0 aliphatic carbocycles. The molecule has 0 spiro atoms. The van der Waals surface area contributed by atoms with Gasteiger partial charge in [0.2, 0.25) is 17.7 Å². The van der Waals surface area contributed by atoms with Crippen LogP contribution in [0.2, 0.25) is 0 Å². The number of ether oxygens (including phenoxy) is 8. The molecule has 0 fully saturated rings. The number of carbonyl (C=O) groups excluding carboxylic acids is 8. The van der Waals surface area contributed by atoms with Gasteiger partial charge in [-0.15, -0.1) is 0 Å². The molecule has 32 nitrogen and oxygen atoms in total. The van der Waals surface area contributed by atoms with Gasteiger partial charge in [0.25, 0.3) is 11.8 Å². The molecule has 0 bridgehead atoms. The minimum absolute atomic E-state index is 0.0143. The van der Waals surface area contributed by atoms with Gasteiger partial charge < -0.3 is 99.6 Å². The van der Waals surface area contributed by atoms with Crippen molar-refractivity contribution in [3.05, 3.63) is 106 Å². The molecule has 3 aromatic rings. The van der Waals surface area contributed by atoms with Crippen LogP contribution in [-0.2, 0) is 101 Å². The Hall–Kier alpha value is -8.54. The standard InChI is InChI=1S/C30H46N4O12.C25H39N3O9.C13H17NO3/c1-22(35)20-45-17-15-44-14-11-32-27(37)21-46-18-16-43-13-10-31-26(36)8-7-25(30(41)42)33-29(40)24-5-3-23(4-6-24)19-34(2)12-9-28(38)39;1-20(29)18-36-15-13-34-11-8-26-23(30)19-37-16-14-35-12-9-27-25(33)22-5-3-21(4-6-22)17-28(2)10-7-24(31)32;1-10(15)12-5-3-11(4-6-12)9-14(2)8-7-13(16)17/h3-6,25H,7-21H2,1-2H3,(H,31,36)(H,32,37)(H,33,40)(H,38,39)(H,41,42);3-6H,7-19H2,1-2H3,(H,26,30)(H,27,33)(H,31,32);3-6H,7-9H2,1-2H3,(H,16,17). The third-order valence-corrected chi connectivity index (χ3v) is 13.3. The lowest BCUT2D eigenvalue weighted by molar-refractivity contribution is -0.140. The Morgan fingerprint density at radius 1 is 0.360 bits per heavy atom. The molecule has 5 amide bonds. The van der Waals surface area contributed by atoms with Gasteiger partial charge in [-0.3, -0.25) is 52.7 Å². The first-order valence-corrected chi connectivity index (χ1v) is 32.5. The van der Waals surface area contributed by atoms with E-state index in [0.717, 1.165) is 16.7 Å². The molecule has 100 heavy (non-hydrogen) atoms. The number of benzene rings is 3. The molecule has 0 saturated carbocycles. The number of carboxylic acid groups (broad SMARTS) is 4. The number of amides is 5. The normalized spacial score (nSPS) is 11.1. The van der Waals surface area contributed by atoms with E-state index in [4.69, 9.17) is 53.2 Å². The summed E-state index contributed by atoms with van der Waals surface area (Å²) in [5.41, 5.74) is 4.40. The molecule has 558 valence electrons. The van der Waals surface area contributed by atoms with E-state index in [-0.39, 0.29) is 139 Å². The minimum atomic E-state index is -1.27. The highest BCUT2D eigenvalue weighted by atomic mass is 16.5. The van der Waals surface area contributed by atoms with Gasteiger partial charge in [0.15, 0.2) is 17.3 Å². The van der Waals surface area contributed by atoms with Gasteiger partial charge in [0, 0.05) is 88.6 Å². The van der Waals surface area contributed by atoms with Crippen molar-refractivity contribution in [1.82, 2.24) is 41.3 Å². The molecule has 32 heteroatoms. The van der Waals surface area contributed by atoms with Gasteiger partial charge in [-0.2, -0.15) is 0 Å². The number of hydrogen-bond donors (Lipinski definition) is 9. The Labute approximate surface area is 583 Å². The van der Waals surface area contributed by atoms with E-state index in [9.17, 15) is 62.6 Å². The van der Waals surface area contributed by atoms with Gasteiger partial charge >= 0.3 is 23.9 Å². The fourth-order valence-electron chi connectivity index (χ4n) is 8.13. The van der Waals surface area contributed by atoms with Crippen LogP contribution < -0.4 is 26.6 Å². The zero-order valence-electron chi connectivity index (χ0n) is 58.2. The van der Waals surface area contributed by atoms with E-state index in [1.54, 1.807) is 55.6 Å². The van der Waals surface area contributed by atoms with Crippen molar-refractivity contribution in [1.29, 1.82) is 0 Å². The fraction of sp³-hybridized carbons (Fsp3) is 0.559. The van der Waals surface area contributed by atoms with Gasteiger partial charge in [0.05, 0.1) is 98.5 Å². The second-order valence-corrected chi connectivity index (χ2v) is 22.6. The first-order chi connectivity index (χ1) is 47.7. The summed E-state index contributed by atoms with van der Waals surface area (Å²) in [4.78, 5) is 142. The maximum absolute atomic E-state index is 12.6. The third-order valence-electron chi connectivity index (χ3n) is 13.3. The molecular formula is C68H102N8O24. The predicted octanol–water partition coefficient (Wildman–Crippen LogP) is 1.33. The number of carbonyl (C=O) groups is 12. The molecule has 3 rings (SSSR count). The van der Waals surface area contributed by atoms with Crippen molar-refractivity contribution in [3.63, 3.8) is 0 Å². The third kappa shape index (κ3) is 50.7. The van der Waals surface area contributed by atoms with Crippen LogP contribution >= 0.6 is 0 Å². The average Bonchev–Trinajstić information content (AvgIpc) is 0.889. The monoisotopic (exact) mass is 1410 g/mol. The summed E-state index contributed by atoms with van der Waals surface area (Å²) < 4.78 is 41.8. The summed E-state index contributed by atoms with van der Waals surface area (Å²) in [6, 6.07) is 19.8. The van der Waals surface area contributed by atoms with Crippen LogP contribution in [0.5, 0.6) is 0 Å². The van der Waals surface area contributed by atoms with Crippen molar-refractivity contribution < 1.29 is 116 Å². The highest BCUT2D eigenvalue weighted by Gasteiger charge is 2.22. The summed E-state index contributed by atoms with van der Waals surface area (Å²) in [5, 5.41) is 48.7. The summed E-state index contributed by atoms with van der Waals surface area (Å²) in [6.45, 7) is 11.9. The van der Waals surface area contributed by atoms with Gasteiger partial charge in [-0.1, -0.05) is 48.5 Å². The maximum Gasteiger partial charge on any atom is 0.326 e. The lowest BCUT2D eigenvalue weighted by atomic mass is 10.1. The quantitative estimate of drug-likeness (QED) is 0.0284. The van der Waals surface area contributed by atoms with Crippen LogP contribution in [0.25, 0.3) is 0 Å². The van der Waals surface area contributed by atoms with Gasteiger partial charge in [-0.05, 0) is 89.3 Å². The first-order valence-electron chi connectivity index (χ1n) is 32.5. The number of rotatable bonds is 55. The lowest BCUT2D eigenvalue weighted by Crippen LogP contribution is -2.41. The summed E-state index contributed by atoms with van der Waals surface area (Å²) >= 11 is 0. The second-order valence-electron chi connectivity index (χ2n) is 22.6. The zero-order valence-corrected chi connectivity index (χ0v) is 58.2. The molecule has 3 aromatic carbocycles. The smallest absolute Gasteiger partial charge is 0.326 e. The number of ketones is 3. The van der Waals surface area contributed by atoms with Crippen molar-refractivity contribution in [2.45, 2.75) is 78.6 Å². The molecule has 1 unspecified atom stereocenters. The molecule has 0 aromatic heterocycles. The Balaban J connectivity index is 0.000000822. The van der Waals surface area contributed by atoms with Crippen molar-refractivity contribution in [2.24, 2.45) is 0 Å². The first kappa shape index (κ1) is 89.5. The van der Waals surface area contributed by atoms with E-state index in [2.05, 4.69) is 26.6 Å². The highest BCUT2D eigenvalue weighted by molar-refractivity contribution is 5.97. The molecule has 9 N–H and O–H groups in total. The van der Waals surface area contributed by atoms with E-state index < -0.39 is 41.7 Å². The van der Waals surface area contributed by atoms with E-state index in [1.807, 2.05) is 53.1 Å².